The lowest BCUT2D eigenvalue weighted by atomic mass is 9.98. The third-order valence-corrected chi connectivity index (χ3v) is 6.01. The van der Waals surface area contributed by atoms with E-state index < -0.39 is 11.5 Å². The molecule has 2 aromatic heterocycles. The van der Waals surface area contributed by atoms with Crippen molar-refractivity contribution in [2.45, 2.75) is 18.5 Å². The molecule has 8 nitrogen and oxygen atoms in total. The van der Waals surface area contributed by atoms with Crippen molar-refractivity contribution in [1.29, 1.82) is 0 Å². The number of anilines is 1. The topological polar surface area (TPSA) is 91.2 Å². The van der Waals surface area contributed by atoms with Gasteiger partial charge in [-0.25, -0.2) is 15.0 Å². The maximum atomic E-state index is 13.1. The molecular weight excluding hydrogens is 480 g/mol. The summed E-state index contributed by atoms with van der Waals surface area (Å²) in [7, 11) is 0. The van der Waals surface area contributed by atoms with Crippen LogP contribution in [0.15, 0.2) is 61.4 Å². The fourth-order valence-corrected chi connectivity index (χ4v) is 4.06. The van der Waals surface area contributed by atoms with Gasteiger partial charge < -0.3 is 19.4 Å². The number of carbonyl (C=O) groups excluding carboxylic acids is 1. The number of fused-ring (bicyclic) bond motifs is 1. The molecule has 1 unspecified atom stereocenters. The Kier molecular flexibility index (Phi) is 6.08. The van der Waals surface area contributed by atoms with E-state index in [1.165, 1.54) is 30.6 Å². The molecule has 1 aliphatic rings. The molecule has 180 valence electrons. The first kappa shape index (κ1) is 23.1. The molecule has 5 rings (SSSR count). The van der Waals surface area contributed by atoms with Crippen LogP contribution in [0.1, 0.15) is 23.3 Å². The highest BCUT2D eigenvalue weighted by Gasteiger charge is 2.29. The van der Waals surface area contributed by atoms with Crippen molar-refractivity contribution in [2.75, 3.05) is 18.5 Å². The van der Waals surface area contributed by atoms with Gasteiger partial charge in [0.25, 0.3) is 5.91 Å². The zero-order valence-electron chi connectivity index (χ0n) is 18.5. The minimum absolute atomic E-state index is 0.132. The predicted octanol–water partition coefficient (Wildman–Crippen LogP) is 5.12. The van der Waals surface area contributed by atoms with Crippen LogP contribution in [0.2, 0.25) is 0 Å². The van der Waals surface area contributed by atoms with E-state index in [1.807, 2.05) is 0 Å². The molecule has 0 spiro atoms. The summed E-state index contributed by atoms with van der Waals surface area (Å²) in [6, 6.07) is 9.09. The monoisotopic (exact) mass is 499 g/mol. The highest BCUT2D eigenvalue weighted by Crippen LogP contribution is 2.34. The number of hydrogen-bond donors (Lipinski definition) is 1. The second-order valence-corrected chi connectivity index (χ2v) is 8.67. The summed E-state index contributed by atoms with van der Waals surface area (Å²) in [5.74, 6) is -0.149. The summed E-state index contributed by atoms with van der Waals surface area (Å²) in [4.78, 5) is 25.9. The van der Waals surface area contributed by atoms with Gasteiger partial charge in [0.1, 0.15) is 12.1 Å². The van der Waals surface area contributed by atoms with E-state index in [-0.39, 0.29) is 11.8 Å². The van der Waals surface area contributed by atoms with Gasteiger partial charge in [0.05, 0.1) is 30.6 Å². The van der Waals surface area contributed by atoms with Gasteiger partial charge in [0.15, 0.2) is 0 Å². The molecule has 1 N–H and O–H groups in total. The SMILES string of the molecule is CC(C1COC1)n1cnc2cc(C(=O)Nc3ccc(OC(F)(F)Cl)cc3)cc(-c3cncnc3)c21. The second kappa shape index (κ2) is 9.20. The Morgan fingerprint density at radius 2 is 1.94 bits per heavy atom. The number of imidazole rings is 1. The van der Waals surface area contributed by atoms with Crippen LogP contribution < -0.4 is 10.1 Å². The normalized spacial score (nSPS) is 15.0. The molecular formula is C24H20ClF2N5O3. The number of halogens is 3. The first-order chi connectivity index (χ1) is 16.8. The average Bonchev–Trinajstić information content (AvgIpc) is 3.22. The maximum absolute atomic E-state index is 13.1. The Morgan fingerprint density at radius 3 is 2.57 bits per heavy atom. The van der Waals surface area contributed by atoms with E-state index in [2.05, 4.69) is 36.5 Å². The van der Waals surface area contributed by atoms with E-state index in [0.29, 0.717) is 35.9 Å². The number of amides is 1. The van der Waals surface area contributed by atoms with Crippen molar-refractivity contribution >= 4 is 34.2 Å². The van der Waals surface area contributed by atoms with Crippen molar-refractivity contribution in [2.24, 2.45) is 5.92 Å². The molecule has 3 heterocycles. The van der Waals surface area contributed by atoms with E-state index in [4.69, 9.17) is 16.3 Å². The summed E-state index contributed by atoms with van der Waals surface area (Å²) >= 11 is 4.79. The zero-order valence-corrected chi connectivity index (χ0v) is 19.2. The Bertz CT molecular complexity index is 1360. The number of hydrogen-bond acceptors (Lipinski definition) is 6. The predicted molar refractivity (Wildman–Crippen MR) is 126 cm³/mol. The van der Waals surface area contributed by atoms with E-state index >= 15 is 0 Å². The van der Waals surface area contributed by atoms with E-state index in [0.717, 1.165) is 16.6 Å². The number of ether oxygens (including phenoxy) is 2. The third kappa shape index (κ3) is 4.94. The molecule has 0 radical (unpaired) electrons. The first-order valence-corrected chi connectivity index (χ1v) is 11.2. The van der Waals surface area contributed by atoms with Crippen molar-refractivity contribution in [1.82, 2.24) is 19.5 Å². The summed E-state index contributed by atoms with van der Waals surface area (Å²) < 4.78 is 37.4. The molecule has 0 saturated carbocycles. The number of carbonyl (C=O) groups is 1. The van der Waals surface area contributed by atoms with Gasteiger partial charge in [-0.3, -0.25) is 4.79 Å². The zero-order chi connectivity index (χ0) is 24.6. The lowest BCUT2D eigenvalue weighted by Gasteiger charge is -2.32. The summed E-state index contributed by atoms with van der Waals surface area (Å²) in [6.07, 6.45) is 6.58. The van der Waals surface area contributed by atoms with Crippen molar-refractivity contribution < 1.29 is 23.0 Å². The number of alkyl halides is 3. The van der Waals surface area contributed by atoms with Crippen LogP contribution in [0.3, 0.4) is 0 Å². The highest BCUT2D eigenvalue weighted by molar-refractivity contribution is 6.20. The van der Waals surface area contributed by atoms with Gasteiger partial charge in [0.2, 0.25) is 0 Å². The van der Waals surface area contributed by atoms with Crippen molar-refractivity contribution in [3.05, 3.63) is 67.0 Å². The summed E-state index contributed by atoms with van der Waals surface area (Å²) in [5, 5.41) is 2.76. The molecule has 2 aromatic carbocycles. The van der Waals surface area contributed by atoms with Crippen LogP contribution in [0.5, 0.6) is 5.75 Å². The van der Waals surface area contributed by atoms with Crippen LogP contribution in [0, 0.1) is 5.92 Å². The first-order valence-electron chi connectivity index (χ1n) is 10.8. The van der Waals surface area contributed by atoms with Gasteiger partial charge in [-0.2, -0.15) is 0 Å². The van der Waals surface area contributed by atoms with Crippen LogP contribution in [-0.2, 0) is 4.74 Å². The number of rotatable bonds is 7. The highest BCUT2D eigenvalue weighted by atomic mass is 35.5. The Morgan fingerprint density at radius 1 is 1.23 bits per heavy atom. The minimum atomic E-state index is -3.82. The summed E-state index contributed by atoms with van der Waals surface area (Å²) in [5.41, 5.74) is -0.0103. The molecule has 11 heteroatoms. The molecule has 1 atom stereocenters. The van der Waals surface area contributed by atoms with Gasteiger partial charge in [0, 0.05) is 58.3 Å². The summed E-state index contributed by atoms with van der Waals surface area (Å²) in [6.45, 7) is 3.50. The van der Waals surface area contributed by atoms with E-state index in [1.54, 1.807) is 30.9 Å². The number of nitrogens with one attached hydrogen (secondary N) is 1. The average molecular weight is 500 g/mol. The van der Waals surface area contributed by atoms with Gasteiger partial charge in [-0.15, -0.1) is 8.78 Å². The molecule has 1 saturated heterocycles. The number of nitrogens with zero attached hydrogens (tertiary/aromatic N) is 4. The molecule has 35 heavy (non-hydrogen) atoms. The molecule has 1 fully saturated rings. The van der Waals surface area contributed by atoms with Crippen LogP contribution >= 0.6 is 11.6 Å². The molecule has 1 aliphatic heterocycles. The van der Waals surface area contributed by atoms with Crippen LogP contribution in [-0.4, -0.2) is 44.2 Å². The minimum Gasteiger partial charge on any atom is -0.420 e. The molecule has 4 aromatic rings. The number of benzene rings is 2. The van der Waals surface area contributed by atoms with Gasteiger partial charge in [-0.1, -0.05) is 0 Å². The van der Waals surface area contributed by atoms with Crippen molar-refractivity contribution in [3.8, 4) is 16.9 Å². The Labute approximate surface area is 203 Å². The van der Waals surface area contributed by atoms with Crippen LogP contribution in [0.25, 0.3) is 22.2 Å². The van der Waals surface area contributed by atoms with Crippen LogP contribution in [0.4, 0.5) is 14.5 Å². The van der Waals surface area contributed by atoms with E-state index in [9.17, 15) is 13.6 Å². The molecule has 1 amide bonds. The number of aromatic nitrogens is 4. The molecule has 0 bridgehead atoms. The lowest BCUT2D eigenvalue weighted by Crippen LogP contribution is -2.34. The van der Waals surface area contributed by atoms with Crippen molar-refractivity contribution in [3.63, 3.8) is 0 Å². The Balaban J connectivity index is 1.48. The fourth-order valence-electron chi connectivity index (χ4n) is 3.97. The second-order valence-electron chi connectivity index (χ2n) is 8.23. The fraction of sp³-hybridized carbons (Fsp3) is 0.250. The van der Waals surface area contributed by atoms with Gasteiger partial charge >= 0.3 is 5.57 Å². The quantitative estimate of drug-likeness (QED) is 0.355. The maximum Gasteiger partial charge on any atom is 0.487 e. The largest absolute Gasteiger partial charge is 0.487 e. The van der Waals surface area contributed by atoms with Gasteiger partial charge in [-0.05, 0) is 43.3 Å². The third-order valence-electron chi connectivity index (χ3n) is 5.93. The standard InChI is InChI=1S/C24H20ClF2N5O3/c1-14(17-10-34-11-17)32-13-30-21-7-15(6-20(22(21)32)16-8-28-12-29-9-16)23(33)31-18-2-4-19(5-3-18)35-24(25,26)27/h2-9,12-14,17H,10-11H2,1H3,(H,31,33). The smallest absolute Gasteiger partial charge is 0.420 e. The molecule has 0 aliphatic carbocycles. The Hall–Kier alpha value is -3.63. The lowest BCUT2D eigenvalue weighted by molar-refractivity contribution is -0.0964.